The third-order valence-electron chi connectivity index (χ3n) is 5.96. The zero-order valence-electron chi connectivity index (χ0n) is 18.2. The minimum Gasteiger partial charge on any atom is -0.406 e. The molecule has 1 aliphatic carbocycles. The van der Waals surface area contributed by atoms with E-state index in [0.29, 0.717) is 42.4 Å². The number of hydrogen-bond acceptors (Lipinski definition) is 1. The van der Waals surface area contributed by atoms with Gasteiger partial charge in [-0.2, -0.15) is 0 Å². The van der Waals surface area contributed by atoms with Crippen molar-refractivity contribution in [1.29, 1.82) is 0 Å². The molecule has 0 N–H and O–H groups in total. The summed E-state index contributed by atoms with van der Waals surface area (Å²) >= 11 is 0. The lowest BCUT2D eigenvalue weighted by Gasteiger charge is -2.26. The van der Waals surface area contributed by atoms with E-state index in [1.54, 1.807) is 25.1 Å². The summed E-state index contributed by atoms with van der Waals surface area (Å²) in [6.07, 6.45) is -2.83. The first-order valence-corrected chi connectivity index (χ1v) is 10.8. The minimum atomic E-state index is -4.78. The van der Waals surface area contributed by atoms with Crippen molar-refractivity contribution in [2.24, 2.45) is 0 Å². The fourth-order valence-corrected chi connectivity index (χ4v) is 4.21. The molecule has 0 aliphatic heterocycles. The fraction of sp³-hybridized carbons (Fsp3) is 0.259. The normalized spacial score (nSPS) is 15.3. The van der Waals surface area contributed by atoms with Crippen LogP contribution in [-0.2, 0) is 19.3 Å². The molecule has 176 valence electrons. The molecule has 0 fully saturated rings. The first-order valence-electron chi connectivity index (χ1n) is 10.8. The van der Waals surface area contributed by atoms with Gasteiger partial charge < -0.3 is 4.74 Å². The van der Waals surface area contributed by atoms with Crippen LogP contribution in [0.1, 0.15) is 52.6 Å². The summed E-state index contributed by atoms with van der Waals surface area (Å²) in [6.45, 7) is 1.76. The molecule has 0 heterocycles. The van der Waals surface area contributed by atoms with Crippen LogP contribution in [0.2, 0.25) is 0 Å². The van der Waals surface area contributed by atoms with Gasteiger partial charge in [-0.05, 0) is 90.3 Å². The van der Waals surface area contributed by atoms with Gasteiger partial charge in [0.2, 0.25) is 0 Å². The maximum Gasteiger partial charge on any atom is 0.573 e. The first kappa shape index (κ1) is 23.7. The summed E-state index contributed by atoms with van der Waals surface area (Å²) in [5.41, 5.74) is 2.82. The predicted molar refractivity (Wildman–Crippen MR) is 116 cm³/mol. The van der Waals surface area contributed by atoms with Gasteiger partial charge >= 0.3 is 6.36 Å². The van der Waals surface area contributed by atoms with E-state index in [1.165, 1.54) is 18.2 Å². The molecule has 0 amide bonds. The van der Waals surface area contributed by atoms with Gasteiger partial charge in [-0.3, -0.25) is 0 Å². The average Bonchev–Trinajstić information content (AvgIpc) is 2.79. The number of hydrogen-bond donors (Lipinski definition) is 0. The lowest BCUT2D eigenvalue weighted by molar-refractivity contribution is -0.274. The second kappa shape index (κ2) is 9.46. The summed E-state index contributed by atoms with van der Waals surface area (Å²) in [5, 5.41) is 0. The number of rotatable bonds is 3. The molecule has 1 unspecified atom stereocenters. The Morgan fingerprint density at radius 1 is 0.912 bits per heavy atom. The molecule has 3 aromatic rings. The van der Waals surface area contributed by atoms with Crippen LogP contribution in [0.5, 0.6) is 5.75 Å². The van der Waals surface area contributed by atoms with Crippen molar-refractivity contribution in [3.8, 4) is 17.6 Å². The van der Waals surface area contributed by atoms with E-state index in [1.807, 2.05) is 0 Å². The van der Waals surface area contributed by atoms with Crippen LogP contribution in [0.3, 0.4) is 0 Å². The summed E-state index contributed by atoms with van der Waals surface area (Å²) < 4.78 is 84.1. The maximum absolute atomic E-state index is 14.7. The highest BCUT2D eigenvalue weighted by Gasteiger charge is 2.31. The van der Waals surface area contributed by atoms with Gasteiger partial charge in [-0.1, -0.05) is 30.9 Å². The smallest absolute Gasteiger partial charge is 0.406 e. The molecule has 0 saturated heterocycles. The third kappa shape index (κ3) is 5.22. The molecule has 0 spiro atoms. The highest BCUT2D eigenvalue weighted by molar-refractivity contribution is 5.48. The van der Waals surface area contributed by atoms with Gasteiger partial charge in [0.15, 0.2) is 11.6 Å². The Labute approximate surface area is 193 Å². The predicted octanol–water partition coefficient (Wildman–Crippen LogP) is 7.24. The van der Waals surface area contributed by atoms with Crippen molar-refractivity contribution >= 4 is 0 Å². The van der Waals surface area contributed by atoms with Crippen molar-refractivity contribution in [3.63, 3.8) is 0 Å². The lowest BCUT2D eigenvalue weighted by Crippen LogP contribution is -2.16. The van der Waals surface area contributed by atoms with E-state index in [4.69, 9.17) is 0 Å². The van der Waals surface area contributed by atoms with Gasteiger partial charge in [-0.15, -0.1) is 13.2 Å². The van der Waals surface area contributed by atoms with Gasteiger partial charge in [0, 0.05) is 5.56 Å². The van der Waals surface area contributed by atoms with E-state index >= 15 is 0 Å². The molecule has 3 aromatic carbocycles. The van der Waals surface area contributed by atoms with Crippen LogP contribution >= 0.6 is 0 Å². The van der Waals surface area contributed by atoms with Crippen molar-refractivity contribution < 1.29 is 31.1 Å². The number of alkyl halides is 3. The second-order valence-electron chi connectivity index (χ2n) is 8.16. The van der Waals surface area contributed by atoms with Crippen LogP contribution in [0.4, 0.5) is 26.3 Å². The standard InChI is InChI=1S/C27H20F6O/c1-2-17-9-12-23(26(30)25(17)29)19-8-7-18-13-20(24(28)15-21(18)14-19)6-3-16-4-10-22(11-5-16)34-27(31,32)33/h4-5,9-13,15,19H,2,7-8,14H2,1H3. The number of halogens is 6. The quantitative estimate of drug-likeness (QED) is 0.287. The molecule has 1 nitrogen and oxygen atoms in total. The molecule has 0 aromatic heterocycles. The number of fused-ring (bicyclic) bond motifs is 1. The van der Waals surface area contributed by atoms with Crippen molar-refractivity contribution in [1.82, 2.24) is 0 Å². The summed E-state index contributed by atoms with van der Waals surface area (Å²) in [4.78, 5) is 0. The van der Waals surface area contributed by atoms with E-state index in [0.717, 1.165) is 23.3 Å². The first-order chi connectivity index (χ1) is 16.1. The van der Waals surface area contributed by atoms with Crippen LogP contribution in [0, 0.1) is 29.3 Å². The average molecular weight is 474 g/mol. The Kier molecular flexibility index (Phi) is 6.60. The molecule has 4 rings (SSSR count). The van der Waals surface area contributed by atoms with Gasteiger partial charge in [0.25, 0.3) is 0 Å². The SMILES string of the molecule is CCc1ccc(C2CCc3cc(C#Cc4ccc(OC(F)(F)F)cc4)c(F)cc3C2)c(F)c1F. The lowest BCUT2D eigenvalue weighted by atomic mass is 9.79. The zero-order valence-corrected chi connectivity index (χ0v) is 18.2. The molecule has 0 radical (unpaired) electrons. The van der Waals surface area contributed by atoms with Gasteiger partial charge in [-0.25, -0.2) is 13.2 Å². The largest absolute Gasteiger partial charge is 0.573 e. The number of benzene rings is 3. The Bertz CT molecular complexity index is 1270. The summed E-state index contributed by atoms with van der Waals surface area (Å²) in [5.74, 6) is 2.65. The van der Waals surface area contributed by atoms with Crippen LogP contribution in [-0.4, -0.2) is 6.36 Å². The van der Waals surface area contributed by atoms with Gasteiger partial charge in [0.05, 0.1) is 5.56 Å². The highest BCUT2D eigenvalue weighted by atomic mass is 19.4. The molecular formula is C27H20F6O. The number of ether oxygens (including phenoxy) is 1. The van der Waals surface area contributed by atoms with Crippen LogP contribution in [0.15, 0.2) is 48.5 Å². The molecule has 7 heteroatoms. The van der Waals surface area contributed by atoms with E-state index in [9.17, 15) is 26.3 Å². The van der Waals surface area contributed by atoms with E-state index in [-0.39, 0.29) is 17.2 Å². The number of aryl methyl sites for hydroxylation is 2. The summed E-state index contributed by atoms with van der Waals surface area (Å²) in [6, 6.07) is 11.2. The van der Waals surface area contributed by atoms with Crippen molar-refractivity contribution in [3.05, 3.63) is 99.4 Å². The monoisotopic (exact) mass is 474 g/mol. The Morgan fingerprint density at radius 2 is 1.65 bits per heavy atom. The molecular weight excluding hydrogens is 454 g/mol. The zero-order chi connectivity index (χ0) is 24.5. The fourth-order valence-electron chi connectivity index (χ4n) is 4.21. The minimum absolute atomic E-state index is 0.164. The molecule has 0 bridgehead atoms. The third-order valence-corrected chi connectivity index (χ3v) is 5.96. The van der Waals surface area contributed by atoms with Crippen LogP contribution in [0.25, 0.3) is 0 Å². The van der Waals surface area contributed by atoms with Gasteiger partial charge in [0.1, 0.15) is 11.6 Å². The molecule has 1 atom stereocenters. The molecule has 34 heavy (non-hydrogen) atoms. The van der Waals surface area contributed by atoms with E-state index < -0.39 is 23.8 Å². The summed E-state index contributed by atoms with van der Waals surface area (Å²) in [7, 11) is 0. The Balaban J connectivity index is 1.53. The second-order valence-corrected chi connectivity index (χ2v) is 8.16. The maximum atomic E-state index is 14.7. The van der Waals surface area contributed by atoms with Crippen molar-refractivity contribution in [2.75, 3.05) is 0 Å². The van der Waals surface area contributed by atoms with E-state index in [2.05, 4.69) is 16.6 Å². The molecule has 0 saturated carbocycles. The Morgan fingerprint density at radius 3 is 2.32 bits per heavy atom. The highest BCUT2D eigenvalue weighted by Crippen LogP contribution is 2.36. The van der Waals surface area contributed by atoms with Crippen LogP contribution < -0.4 is 4.74 Å². The topological polar surface area (TPSA) is 9.23 Å². The molecule has 1 aliphatic rings. The van der Waals surface area contributed by atoms with Crippen molar-refractivity contribution in [2.45, 2.75) is 44.9 Å². The Hall–Kier alpha value is -3.40.